The van der Waals surface area contributed by atoms with Crippen molar-refractivity contribution in [3.63, 3.8) is 0 Å². The second-order valence-corrected chi connectivity index (χ2v) is 12.8. The summed E-state index contributed by atoms with van der Waals surface area (Å²) in [6.07, 6.45) is 3.29. The Labute approximate surface area is 218 Å². The number of aliphatic hydroxyl groups is 1. The number of rotatable bonds is 6. The van der Waals surface area contributed by atoms with Gasteiger partial charge in [0.1, 0.15) is 32.8 Å². The number of halogens is 1. The molecule has 2 fully saturated rings. The number of carbonyl (C=O) groups excluding carboxylic acids is 2. The number of Topliss-reactive ketones (excluding diaryl/α,β-unsaturated/α-hetero) is 1. The lowest BCUT2D eigenvalue weighted by Gasteiger charge is -2.44. The van der Waals surface area contributed by atoms with Gasteiger partial charge in [-0.3, -0.25) is 4.79 Å². The van der Waals surface area contributed by atoms with Crippen molar-refractivity contribution in [1.82, 2.24) is 4.90 Å². The van der Waals surface area contributed by atoms with Crippen molar-refractivity contribution >= 4 is 43.9 Å². The van der Waals surface area contributed by atoms with E-state index in [2.05, 4.69) is 9.71 Å². The fourth-order valence-electron chi connectivity index (χ4n) is 6.48. The number of benzene rings is 1. The molecule has 2 aliphatic carbocycles. The first-order valence-corrected chi connectivity index (χ1v) is 14.7. The Morgan fingerprint density at radius 2 is 1.97 bits per heavy atom. The van der Waals surface area contributed by atoms with Gasteiger partial charge in [-0.1, -0.05) is 12.1 Å². The number of amides is 1. The number of aliphatic hydroxyl groups excluding tert-OH is 1. The molecular weight excluding hydrogens is 517 g/mol. The Hall–Kier alpha value is -3.05. The smallest absolute Gasteiger partial charge is 0.287 e. The molecule has 1 aromatic carbocycles. The Morgan fingerprint density at radius 3 is 2.70 bits per heavy atom. The molecule has 3 heterocycles. The number of thiophene rings is 1. The summed E-state index contributed by atoms with van der Waals surface area (Å²) >= 11 is 1.17. The molecule has 1 amide bonds. The Bertz CT molecular complexity index is 1480. The van der Waals surface area contributed by atoms with E-state index in [1.807, 2.05) is 0 Å². The van der Waals surface area contributed by atoms with Crippen LogP contribution in [0, 0.1) is 23.6 Å². The predicted molar refractivity (Wildman–Crippen MR) is 136 cm³/mol. The maximum absolute atomic E-state index is 13.9. The lowest BCUT2D eigenvalue weighted by Crippen LogP contribution is -2.53. The zero-order valence-corrected chi connectivity index (χ0v) is 21.7. The van der Waals surface area contributed by atoms with Crippen molar-refractivity contribution in [2.75, 3.05) is 5.32 Å². The number of amidine groups is 1. The molecule has 0 radical (unpaired) electrons. The molecule has 2 aromatic rings. The van der Waals surface area contributed by atoms with Crippen LogP contribution < -0.4 is 5.32 Å². The highest BCUT2D eigenvalue weighted by Crippen LogP contribution is 2.55. The molecule has 2 saturated carbocycles. The number of carbonyl (C=O) groups is 2. The van der Waals surface area contributed by atoms with E-state index in [9.17, 15) is 27.5 Å². The number of hydrogen-bond acceptors (Lipinski definition) is 7. The molecule has 4 atom stereocenters. The maximum Gasteiger partial charge on any atom is 0.287 e. The monoisotopic (exact) mass is 543 g/mol. The molecule has 1 aromatic heterocycles. The van der Waals surface area contributed by atoms with E-state index in [1.54, 1.807) is 22.4 Å². The predicted octanol–water partition coefficient (Wildman–Crippen LogP) is 4.19. The van der Waals surface area contributed by atoms with Crippen LogP contribution in [-0.2, 0) is 32.6 Å². The van der Waals surface area contributed by atoms with Crippen LogP contribution in [0.2, 0.25) is 0 Å². The molecular formula is C26H26FN3O5S2. The third-order valence-corrected chi connectivity index (χ3v) is 10.5. The molecule has 2 aliphatic heterocycles. The summed E-state index contributed by atoms with van der Waals surface area (Å²) in [7, 11) is -4.17. The van der Waals surface area contributed by atoms with Crippen LogP contribution in [0.25, 0.3) is 0 Å². The molecule has 8 nitrogen and oxygen atoms in total. The molecule has 6 rings (SSSR count). The van der Waals surface area contributed by atoms with Gasteiger partial charge in [0.2, 0.25) is 0 Å². The summed E-state index contributed by atoms with van der Waals surface area (Å²) in [5.74, 6) is -1.04. The van der Waals surface area contributed by atoms with Gasteiger partial charge >= 0.3 is 0 Å². The van der Waals surface area contributed by atoms with Gasteiger partial charge < -0.3 is 20.1 Å². The van der Waals surface area contributed by atoms with Gasteiger partial charge in [-0.2, -0.15) is 8.42 Å². The third-order valence-electron chi connectivity index (χ3n) is 8.05. The highest BCUT2D eigenvalue weighted by molar-refractivity contribution is 7.90. The average Bonchev–Trinajstić information content (AvgIpc) is 3.56. The van der Waals surface area contributed by atoms with E-state index in [4.69, 9.17) is 0 Å². The molecule has 4 aliphatic rings. The number of nitrogens with one attached hydrogen (secondary N) is 1. The summed E-state index contributed by atoms with van der Waals surface area (Å²) < 4.78 is 44.0. The maximum atomic E-state index is 13.9. The van der Waals surface area contributed by atoms with Gasteiger partial charge in [0.25, 0.3) is 15.9 Å². The molecule has 37 heavy (non-hydrogen) atoms. The number of fused-ring (bicyclic) bond motifs is 6. The zero-order chi connectivity index (χ0) is 26.1. The van der Waals surface area contributed by atoms with Crippen LogP contribution in [0.1, 0.15) is 43.7 Å². The van der Waals surface area contributed by atoms with Crippen molar-refractivity contribution in [3.8, 4) is 0 Å². The van der Waals surface area contributed by atoms with Gasteiger partial charge in [-0.05, 0) is 73.1 Å². The fraction of sp³-hybridized carbons (Fsp3) is 0.423. The number of sulfonamides is 1. The first-order chi connectivity index (χ1) is 17.6. The van der Waals surface area contributed by atoms with Gasteiger partial charge in [0.05, 0.1) is 0 Å². The van der Waals surface area contributed by atoms with Gasteiger partial charge in [0.15, 0.2) is 5.84 Å². The van der Waals surface area contributed by atoms with E-state index in [-0.39, 0.29) is 76.8 Å². The van der Waals surface area contributed by atoms with Crippen molar-refractivity contribution in [1.29, 1.82) is 0 Å². The molecule has 2 N–H and O–H groups in total. The van der Waals surface area contributed by atoms with Crippen molar-refractivity contribution in [2.24, 2.45) is 22.2 Å². The molecule has 2 bridgehead atoms. The largest absolute Gasteiger partial charge is 0.511 e. The number of hydrogen-bond donors (Lipinski definition) is 2. The third kappa shape index (κ3) is 3.99. The topological polar surface area (TPSA) is 116 Å². The molecule has 0 spiro atoms. The minimum absolute atomic E-state index is 0.0202. The molecule has 11 heteroatoms. The second-order valence-electron chi connectivity index (χ2n) is 10.3. The standard InChI is InChI=1S/C26H26FN3O5S2/c1-13(31)2-5-17-12-36-25-23(17)37(34,35)29-24(28-25)20-22(32)19-15-6-7-16(10-15)21(19)30(26(20)33)11-14-3-8-18(27)9-4-14/h3-4,8-9,12,15-16,19,21,32H,2,5-7,10-11H2,1H3,(H,28,29)/t15-,16+,19+,21-/m0/s1. The SMILES string of the molecule is CC(=O)CCc1csc2c1S(=O)(=O)N=C(C1=C(O)[C@@H]3[C@H]4CC[C@H](C4)[C@@H]3N(Cc3ccc(F)cc3)C1=O)N2. The van der Waals surface area contributed by atoms with Crippen LogP contribution in [0.5, 0.6) is 0 Å². The number of nitrogens with zero attached hydrogens (tertiary/aromatic N) is 2. The van der Waals surface area contributed by atoms with Crippen LogP contribution in [0.4, 0.5) is 9.39 Å². The number of aryl methyl sites for hydroxylation is 1. The minimum atomic E-state index is -4.17. The lowest BCUT2D eigenvalue weighted by atomic mass is 9.77. The normalized spacial score (nSPS) is 27.6. The van der Waals surface area contributed by atoms with Crippen LogP contribution >= 0.6 is 11.3 Å². The first kappa shape index (κ1) is 24.3. The summed E-state index contributed by atoms with van der Waals surface area (Å²) in [5, 5.41) is 16.4. The van der Waals surface area contributed by atoms with Gasteiger partial charge in [-0.25, -0.2) is 4.39 Å². The Kier molecular flexibility index (Phi) is 5.76. The highest BCUT2D eigenvalue weighted by Gasteiger charge is 2.57. The van der Waals surface area contributed by atoms with E-state index in [1.165, 1.54) is 30.4 Å². The summed E-state index contributed by atoms with van der Waals surface area (Å²) in [6, 6.07) is 5.75. The van der Waals surface area contributed by atoms with Crippen molar-refractivity contribution in [2.45, 2.75) is 56.5 Å². The Balaban J connectivity index is 1.39. The van der Waals surface area contributed by atoms with E-state index in [0.717, 1.165) is 24.8 Å². The Morgan fingerprint density at radius 1 is 1.24 bits per heavy atom. The highest BCUT2D eigenvalue weighted by atomic mass is 32.2. The van der Waals surface area contributed by atoms with Crippen LogP contribution in [-0.4, -0.2) is 42.0 Å². The molecule has 0 saturated heterocycles. The van der Waals surface area contributed by atoms with Crippen molar-refractivity contribution < 1.29 is 27.5 Å². The number of anilines is 1. The van der Waals surface area contributed by atoms with Crippen LogP contribution in [0.3, 0.4) is 0 Å². The molecule has 194 valence electrons. The summed E-state index contributed by atoms with van der Waals surface area (Å²) in [4.78, 5) is 27.1. The van der Waals surface area contributed by atoms with Crippen molar-refractivity contribution in [3.05, 3.63) is 57.9 Å². The summed E-state index contributed by atoms with van der Waals surface area (Å²) in [6.45, 7) is 1.67. The molecule has 0 unspecified atom stereocenters. The van der Waals surface area contributed by atoms with E-state index in [0.29, 0.717) is 10.6 Å². The minimum Gasteiger partial charge on any atom is -0.511 e. The average molecular weight is 544 g/mol. The lowest BCUT2D eigenvalue weighted by molar-refractivity contribution is -0.134. The second kappa shape index (κ2) is 8.76. The summed E-state index contributed by atoms with van der Waals surface area (Å²) in [5.41, 5.74) is 1.13. The quantitative estimate of drug-likeness (QED) is 0.565. The number of ketones is 1. The fourth-order valence-corrected chi connectivity index (χ4v) is 9.15. The van der Waals surface area contributed by atoms with E-state index < -0.39 is 15.9 Å². The zero-order valence-electron chi connectivity index (χ0n) is 20.1. The van der Waals surface area contributed by atoms with Gasteiger partial charge in [-0.15, -0.1) is 15.7 Å². The van der Waals surface area contributed by atoms with E-state index >= 15 is 0 Å². The van der Waals surface area contributed by atoms with Gasteiger partial charge in [0, 0.05) is 24.9 Å². The first-order valence-electron chi connectivity index (χ1n) is 12.3. The van der Waals surface area contributed by atoms with Crippen LogP contribution in [0.15, 0.2) is 50.3 Å².